The number of benzene rings is 2. The second-order valence-corrected chi connectivity index (χ2v) is 7.73. The lowest BCUT2D eigenvalue weighted by Gasteiger charge is -2.32. The SMILES string of the molecule is Cc1cccc(OC2CCN(C(=O)CC3NC(=O)N(c4ccccc4)C3=O)CC2)c1. The highest BCUT2D eigenvalue weighted by Crippen LogP contribution is 2.23. The van der Waals surface area contributed by atoms with Crippen molar-refractivity contribution in [2.24, 2.45) is 0 Å². The molecule has 2 fully saturated rings. The van der Waals surface area contributed by atoms with Crippen molar-refractivity contribution in [3.05, 3.63) is 60.2 Å². The predicted molar refractivity (Wildman–Crippen MR) is 112 cm³/mol. The fourth-order valence-electron chi connectivity index (χ4n) is 3.90. The standard InChI is InChI=1S/C23H25N3O4/c1-16-6-5-9-19(14-16)30-18-10-12-25(13-11-18)21(27)15-20-22(28)26(23(29)24-20)17-7-3-2-4-8-17/h2-9,14,18,20H,10-13,15H2,1H3,(H,24,29). The Morgan fingerprint density at radius 1 is 1.07 bits per heavy atom. The average molecular weight is 407 g/mol. The molecule has 7 nitrogen and oxygen atoms in total. The van der Waals surface area contributed by atoms with E-state index in [1.54, 1.807) is 29.2 Å². The number of amides is 4. The number of carbonyl (C=O) groups is 3. The molecule has 30 heavy (non-hydrogen) atoms. The van der Waals surface area contributed by atoms with Crippen LogP contribution in [0.1, 0.15) is 24.8 Å². The molecular formula is C23H25N3O4. The molecule has 2 heterocycles. The Kier molecular flexibility index (Phi) is 5.70. The Hall–Kier alpha value is -3.35. The van der Waals surface area contributed by atoms with Crippen molar-refractivity contribution in [2.75, 3.05) is 18.0 Å². The van der Waals surface area contributed by atoms with Gasteiger partial charge in [-0.15, -0.1) is 0 Å². The van der Waals surface area contributed by atoms with Gasteiger partial charge in [0.1, 0.15) is 17.9 Å². The van der Waals surface area contributed by atoms with Gasteiger partial charge in [-0.25, -0.2) is 9.69 Å². The number of nitrogens with one attached hydrogen (secondary N) is 1. The molecule has 2 aliphatic rings. The lowest BCUT2D eigenvalue weighted by Crippen LogP contribution is -2.44. The van der Waals surface area contributed by atoms with E-state index in [0.29, 0.717) is 18.8 Å². The molecule has 7 heteroatoms. The van der Waals surface area contributed by atoms with Gasteiger partial charge in [-0.05, 0) is 36.8 Å². The monoisotopic (exact) mass is 407 g/mol. The van der Waals surface area contributed by atoms with E-state index in [2.05, 4.69) is 5.32 Å². The number of anilines is 1. The molecule has 4 rings (SSSR count). The van der Waals surface area contributed by atoms with Crippen LogP contribution in [0.3, 0.4) is 0 Å². The minimum Gasteiger partial charge on any atom is -0.490 e. The summed E-state index contributed by atoms with van der Waals surface area (Å²) in [5, 5.41) is 2.63. The van der Waals surface area contributed by atoms with Crippen LogP contribution in [0.15, 0.2) is 54.6 Å². The molecule has 1 N–H and O–H groups in total. The molecule has 1 atom stereocenters. The number of rotatable bonds is 5. The number of urea groups is 1. The molecular weight excluding hydrogens is 382 g/mol. The van der Waals surface area contributed by atoms with Crippen LogP contribution in [0.5, 0.6) is 5.75 Å². The lowest BCUT2D eigenvalue weighted by molar-refractivity contribution is -0.135. The van der Waals surface area contributed by atoms with Gasteiger partial charge in [0.2, 0.25) is 5.91 Å². The zero-order valence-corrected chi connectivity index (χ0v) is 16.9. The Morgan fingerprint density at radius 3 is 2.50 bits per heavy atom. The highest BCUT2D eigenvalue weighted by atomic mass is 16.5. The van der Waals surface area contributed by atoms with Crippen molar-refractivity contribution in [3.8, 4) is 5.75 Å². The van der Waals surface area contributed by atoms with Crippen LogP contribution in [0.4, 0.5) is 10.5 Å². The number of nitrogens with zero attached hydrogens (tertiary/aromatic N) is 2. The molecule has 1 unspecified atom stereocenters. The van der Waals surface area contributed by atoms with Gasteiger partial charge in [0.15, 0.2) is 0 Å². The van der Waals surface area contributed by atoms with Crippen LogP contribution in [0.2, 0.25) is 0 Å². The molecule has 4 amide bonds. The number of ether oxygens (including phenoxy) is 1. The first-order chi connectivity index (χ1) is 14.5. The Bertz CT molecular complexity index is 938. The van der Waals surface area contributed by atoms with E-state index in [-0.39, 0.29) is 18.4 Å². The number of hydrogen-bond donors (Lipinski definition) is 1. The highest BCUT2D eigenvalue weighted by Gasteiger charge is 2.40. The summed E-state index contributed by atoms with van der Waals surface area (Å²) in [5.74, 6) is 0.329. The molecule has 0 aromatic heterocycles. The van der Waals surface area contributed by atoms with Crippen molar-refractivity contribution >= 4 is 23.5 Å². The van der Waals surface area contributed by atoms with E-state index in [4.69, 9.17) is 4.74 Å². The van der Waals surface area contributed by atoms with Gasteiger partial charge in [-0.1, -0.05) is 30.3 Å². The Morgan fingerprint density at radius 2 is 1.80 bits per heavy atom. The van der Waals surface area contributed by atoms with Gasteiger partial charge < -0.3 is 15.0 Å². The number of para-hydroxylation sites is 1. The van der Waals surface area contributed by atoms with E-state index >= 15 is 0 Å². The molecule has 2 aromatic carbocycles. The number of aryl methyl sites for hydroxylation is 1. The Labute approximate surface area is 175 Å². The maximum atomic E-state index is 12.7. The van der Waals surface area contributed by atoms with E-state index in [0.717, 1.165) is 29.1 Å². The summed E-state index contributed by atoms with van der Waals surface area (Å²) in [6.07, 6.45) is 1.51. The van der Waals surface area contributed by atoms with Crippen molar-refractivity contribution in [2.45, 2.75) is 38.3 Å². The first-order valence-corrected chi connectivity index (χ1v) is 10.2. The first-order valence-electron chi connectivity index (χ1n) is 10.2. The topological polar surface area (TPSA) is 79.0 Å². The summed E-state index contributed by atoms with van der Waals surface area (Å²) >= 11 is 0. The summed E-state index contributed by atoms with van der Waals surface area (Å²) in [6, 6.07) is 15.3. The van der Waals surface area contributed by atoms with Crippen molar-refractivity contribution in [1.29, 1.82) is 0 Å². The molecule has 0 bridgehead atoms. The van der Waals surface area contributed by atoms with E-state index in [9.17, 15) is 14.4 Å². The zero-order chi connectivity index (χ0) is 21.1. The fourth-order valence-corrected chi connectivity index (χ4v) is 3.90. The molecule has 2 aromatic rings. The zero-order valence-electron chi connectivity index (χ0n) is 16.9. The molecule has 0 saturated carbocycles. The average Bonchev–Trinajstić information content (AvgIpc) is 3.02. The van der Waals surface area contributed by atoms with Gasteiger partial charge in [0.05, 0.1) is 12.1 Å². The van der Waals surface area contributed by atoms with Crippen LogP contribution in [0, 0.1) is 6.92 Å². The largest absolute Gasteiger partial charge is 0.490 e. The third kappa shape index (κ3) is 4.30. The third-order valence-electron chi connectivity index (χ3n) is 5.50. The van der Waals surface area contributed by atoms with Crippen LogP contribution in [-0.2, 0) is 9.59 Å². The normalized spacial score (nSPS) is 19.7. The smallest absolute Gasteiger partial charge is 0.329 e. The van der Waals surface area contributed by atoms with Gasteiger partial charge in [-0.3, -0.25) is 9.59 Å². The van der Waals surface area contributed by atoms with Gasteiger partial charge in [0, 0.05) is 25.9 Å². The van der Waals surface area contributed by atoms with E-state index in [1.807, 2.05) is 37.3 Å². The van der Waals surface area contributed by atoms with Gasteiger partial charge >= 0.3 is 6.03 Å². The van der Waals surface area contributed by atoms with Crippen LogP contribution in [0.25, 0.3) is 0 Å². The number of piperidine rings is 1. The van der Waals surface area contributed by atoms with Crippen LogP contribution >= 0.6 is 0 Å². The van der Waals surface area contributed by atoms with Gasteiger partial charge in [0.25, 0.3) is 5.91 Å². The van der Waals surface area contributed by atoms with E-state index in [1.165, 1.54) is 0 Å². The molecule has 156 valence electrons. The molecule has 0 aliphatic carbocycles. The van der Waals surface area contributed by atoms with Crippen molar-refractivity contribution in [3.63, 3.8) is 0 Å². The first kappa shape index (κ1) is 19.9. The maximum Gasteiger partial charge on any atom is 0.329 e. The van der Waals surface area contributed by atoms with E-state index < -0.39 is 18.0 Å². The van der Waals surface area contributed by atoms with Crippen LogP contribution < -0.4 is 15.0 Å². The minimum atomic E-state index is -0.827. The summed E-state index contributed by atoms with van der Waals surface area (Å²) in [7, 11) is 0. The second-order valence-electron chi connectivity index (χ2n) is 7.73. The lowest BCUT2D eigenvalue weighted by atomic mass is 10.1. The number of hydrogen-bond acceptors (Lipinski definition) is 4. The van der Waals surface area contributed by atoms with Gasteiger partial charge in [-0.2, -0.15) is 0 Å². The predicted octanol–water partition coefficient (Wildman–Crippen LogP) is 2.88. The van der Waals surface area contributed by atoms with Crippen LogP contribution in [-0.4, -0.2) is 48.0 Å². The number of likely N-dealkylation sites (tertiary alicyclic amines) is 1. The number of imide groups is 1. The maximum absolute atomic E-state index is 12.7. The van der Waals surface area contributed by atoms with Crippen molar-refractivity contribution < 1.29 is 19.1 Å². The summed E-state index contributed by atoms with van der Waals surface area (Å²) in [4.78, 5) is 40.5. The highest BCUT2D eigenvalue weighted by molar-refractivity contribution is 6.22. The Balaban J connectivity index is 1.30. The third-order valence-corrected chi connectivity index (χ3v) is 5.50. The quantitative estimate of drug-likeness (QED) is 0.773. The summed E-state index contributed by atoms with van der Waals surface area (Å²) in [5.41, 5.74) is 1.65. The minimum absolute atomic E-state index is 0.0304. The van der Waals surface area contributed by atoms with Crippen molar-refractivity contribution in [1.82, 2.24) is 10.2 Å². The molecule has 0 spiro atoms. The summed E-state index contributed by atoms with van der Waals surface area (Å²) < 4.78 is 6.04. The number of carbonyl (C=O) groups excluding carboxylic acids is 3. The molecule has 2 aliphatic heterocycles. The second kappa shape index (κ2) is 8.57. The summed E-state index contributed by atoms with van der Waals surface area (Å²) in [6.45, 7) is 3.18. The fraction of sp³-hybridized carbons (Fsp3) is 0.348. The molecule has 0 radical (unpaired) electrons. The molecule has 2 saturated heterocycles.